The molecular formula is C38H42N8O3S. The molecule has 4 saturated carbocycles. The summed E-state index contributed by atoms with van der Waals surface area (Å²) in [5, 5.41) is 28.7. The first-order valence-corrected chi connectivity index (χ1v) is 18.7. The van der Waals surface area contributed by atoms with Crippen LogP contribution < -0.4 is 10.2 Å². The molecule has 11 nitrogen and oxygen atoms in total. The standard InChI is InChI=1S/C38H42N8O3S/c1-4-49-38-17-24-14-25(18-38)16-37(15-24,20-38)21-46-23(3)28(19-39-46)27-11-12-31(41-32(27)35(47)48)45-13-7-8-26-22(2)33(43-44-34(26)45)42-36-40-29-9-5-6-10-30(29)50-36/h5-6,9-12,19,24-25H,4,7-8,13-18,20-21H2,1-3H3,(H,47,48)(H,40,42,43). The van der Waals surface area contributed by atoms with E-state index in [1.165, 1.54) is 32.1 Å². The molecule has 1 aromatic carbocycles. The van der Waals surface area contributed by atoms with Gasteiger partial charge in [-0.25, -0.2) is 14.8 Å². The molecule has 4 fully saturated rings. The Morgan fingerprint density at radius 3 is 2.66 bits per heavy atom. The molecule has 5 aromatic rings. The smallest absolute Gasteiger partial charge is 0.355 e. The zero-order valence-corrected chi connectivity index (χ0v) is 29.6. The molecule has 4 aromatic heterocycles. The van der Waals surface area contributed by atoms with Gasteiger partial charge in [-0.05, 0) is 114 Å². The number of anilines is 4. The summed E-state index contributed by atoms with van der Waals surface area (Å²) in [5.41, 5.74) is 5.59. The van der Waals surface area contributed by atoms with Crippen molar-refractivity contribution in [3.05, 3.63) is 65.1 Å². The molecule has 1 aliphatic heterocycles. The molecular weight excluding hydrogens is 649 g/mol. The Labute approximate surface area is 295 Å². The van der Waals surface area contributed by atoms with E-state index in [1.807, 2.05) is 48.4 Å². The monoisotopic (exact) mass is 690 g/mol. The van der Waals surface area contributed by atoms with Gasteiger partial charge in [-0.3, -0.25) is 4.68 Å². The topological polar surface area (TPSA) is 131 Å². The maximum absolute atomic E-state index is 12.8. The number of carboxylic acid groups (broad SMARTS) is 1. The van der Waals surface area contributed by atoms with Crippen LogP contribution in [0.5, 0.6) is 0 Å². The highest BCUT2D eigenvalue weighted by atomic mass is 32.1. The summed E-state index contributed by atoms with van der Waals surface area (Å²) >= 11 is 1.58. The number of nitrogens with zero attached hydrogens (tertiary/aromatic N) is 7. The molecule has 50 heavy (non-hydrogen) atoms. The van der Waals surface area contributed by atoms with Crippen molar-refractivity contribution >= 4 is 50.1 Å². The van der Waals surface area contributed by atoms with Crippen LogP contribution in [0.3, 0.4) is 0 Å². The summed E-state index contributed by atoms with van der Waals surface area (Å²) in [6.45, 7) is 8.49. The quantitative estimate of drug-likeness (QED) is 0.158. The number of para-hydroxylation sites is 1. The van der Waals surface area contributed by atoms with E-state index in [2.05, 4.69) is 40.1 Å². The molecule has 12 heteroatoms. The molecule has 2 N–H and O–H groups in total. The van der Waals surface area contributed by atoms with Crippen LogP contribution in [0.15, 0.2) is 42.6 Å². The van der Waals surface area contributed by atoms with Crippen molar-refractivity contribution in [3.63, 3.8) is 0 Å². The lowest BCUT2D eigenvalue weighted by atomic mass is 9.48. The van der Waals surface area contributed by atoms with Crippen molar-refractivity contribution in [2.45, 2.75) is 84.3 Å². The second-order valence-electron chi connectivity index (χ2n) is 15.1. The second-order valence-corrected chi connectivity index (χ2v) is 16.1. The Morgan fingerprint density at radius 2 is 1.88 bits per heavy atom. The number of aromatic carboxylic acids is 1. The van der Waals surface area contributed by atoms with E-state index < -0.39 is 5.97 Å². The number of thiazole rings is 1. The van der Waals surface area contributed by atoms with E-state index in [-0.39, 0.29) is 16.7 Å². The van der Waals surface area contributed by atoms with Crippen molar-refractivity contribution < 1.29 is 14.6 Å². The molecule has 10 rings (SSSR count). The van der Waals surface area contributed by atoms with Crippen LogP contribution in [0.2, 0.25) is 0 Å². The summed E-state index contributed by atoms with van der Waals surface area (Å²) in [4.78, 5) is 24.2. The predicted molar refractivity (Wildman–Crippen MR) is 194 cm³/mol. The maximum Gasteiger partial charge on any atom is 0.355 e. The van der Waals surface area contributed by atoms with E-state index in [9.17, 15) is 9.90 Å². The number of rotatable bonds is 9. The summed E-state index contributed by atoms with van der Waals surface area (Å²) in [6, 6.07) is 11.8. The van der Waals surface area contributed by atoms with Gasteiger partial charge in [-0.2, -0.15) is 5.10 Å². The average Bonchev–Trinajstić information content (AvgIpc) is 3.66. The van der Waals surface area contributed by atoms with Gasteiger partial charge in [0, 0.05) is 47.6 Å². The first-order chi connectivity index (χ1) is 24.2. The molecule has 0 saturated heterocycles. The molecule has 4 aliphatic carbocycles. The molecule has 0 amide bonds. The minimum absolute atomic E-state index is 0.0150. The van der Waals surface area contributed by atoms with E-state index in [0.29, 0.717) is 29.6 Å². The zero-order chi connectivity index (χ0) is 34.2. The van der Waals surface area contributed by atoms with Gasteiger partial charge >= 0.3 is 5.97 Å². The van der Waals surface area contributed by atoms with Crippen LogP contribution in [-0.2, 0) is 17.7 Å². The Kier molecular flexibility index (Phi) is 7.47. The zero-order valence-electron chi connectivity index (χ0n) is 28.8. The van der Waals surface area contributed by atoms with Gasteiger partial charge < -0.3 is 20.1 Å². The average molecular weight is 691 g/mol. The summed E-state index contributed by atoms with van der Waals surface area (Å²) < 4.78 is 9.68. The normalized spacial score (nSPS) is 25.3. The third-order valence-corrected chi connectivity index (χ3v) is 12.7. The van der Waals surface area contributed by atoms with E-state index in [1.54, 1.807) is 11.3 Å². The number of aromatic nitrogens is 6. The molecule has 2 atom stereocenters. The van der Waals surface area contributed by atoms with Gasteiger partial charge in [-0.1, -0.05) is 23.5 Å². The van der Waals surface area contributed by atoms with Crippen LogP contribution in [-0.4, -0.2) is 59.8 Å². The van der Waals surface area contributed by atoms with Crippen molar-refractivity contribution in [3.8, 4) is 11.1 Å². The van der Waals surface area contributed by atoms with Crippen molar-refractivity contribution in [2.24, 2.45) is 17.3 Å². The van der Waals surface area contributed by atoms with E-state index in [4.69, 9.17) is 19.8 Å². The highest BCUT2D eigenvalue weighted by molar-refractivity contribution is 7.22. The highest BCUT2D eigenvalue weighted by Gasteiger charge is 2.58. The van der Waals surface area contributed by atoms with Crippen molar-refractivity contribution in [1.29, 1.82) is 0 Å². The van der Waals surface area contributed by atoms with Gasteiger partial charge in [0.1, 0.15) is 5.82 Å². The first kappa shape index (κ1) is 31.6. The van der Waals surface area contributed by atoms with Gasteiger partial charge in [0.05, 0.1) is 22.0 Å². The summed E-state index contributed by atoms with van der Waals surface area (Å²) in [5.74, 6) is 2.32. The first-order valence-electron chi connectivity index (χ1n) is 17.9. The molecule has 5 aliphatic rings. The minimum Gasteiger partial charge on any atom is -0.476 e. The SMILES string of the molecule is CCOC12CC3CC(CC(Cn4ncc(-c5ccc(N6CCCc7c6nnc(Nc6nc8ccccc8s6)c7C)nc5C(=O)O)c4C)(C3)C1)C2. The van der Waals surface area contributed by atoms with E-state index in [0.717, 1.165) is 82.0 Å². The number of carboxylic acids is 1. The summed E-state index contributed by atoms with van der Waals surface area (Å²) in [7, 11) is 0. The summed E-state index contributed by atoms with van der Waals surface area (Å²) in [6.07, 6.45) is 10.8. The fourth-order valence-corrected chi connectivity index (χ4v) is 11.0. The number of nitrogens with one attached hydrogen (secondary N) is 1. The number of pyridine rings is 1. The fourth-order valence-electron chi connectivity index (χ4n) is 10.1. The third kappa shape index (κ3) is 5.26. The molecule has 5 heterocycles. The number of hydrogen-bond acceptors (Lipinski definition) is 10. The second kappa shape index (κ2) is 11.8. The van der Waals surface area contributed by atoms with Crippen molar-refractivity contribution in [2.75, 3.05) is 23.4 Å². The maximum atomic E-state index is 12.8. The number of fused-ring (bicyclic) bond motifs is 2. The van der Waals surface area contributed by atoms with Crippen LogP contribution in [0.1, 0.15) is 79.2 Å². The molecule has 4 bridgehead atoms. The Hall–Kier alpha value is -4.42. The Morgan fingerprint density at radius 1 is 1.06 bits per heavy atom. The van der Waals surface area contributed by atoms with Crippen LogP contribution >= 0.6 is 11.3 Å². The van der Waals surface area contributed by atoms with Gasteiger partial charge in [-0.15, -0.1) is 10.2 Å². The van der Waals surface area contributed by atoms with Crippen LogP contribution in [0.25, 0.3) is 21.3 Å². The number of benzene rings is 1. The van der Waals surface area contributed by atoms with Crippen LogP contribution in [0.4, 0.5) is 22.6 Å². The minimum atomic E-state index is -1.07. The Bertz CT molecular complexity index is 2090. The van der Waals surface area contributed by atoms with E-state index >= 15 is 0 Å². The number of carbonyl (C=O) groups is 1. The molecule has 2 unspecified atom stereocenters. The fraction of sp³-hybridized carbons (Fsp3) is 0.474. The third-order valence-electron chi connectivity index (χ3n) is 11.7. The highest BCUT2D eigenvalue weighted by Crippen LogP contribution is 2.63. The number of hydrogen-bond donors (Lipinski definition) is 2. The van der Waals surface area contributed by atoms with Crippen molar-refractivity contribution in [1.82, 2.24) is 29.9 Å². The lowest BCUT2D eigenvalue weighted by Gasteiger charge is -2.61. The largest absolute Gasteiger partial charge is 0.476 e. The van der Waals surface area contributed by atoms with Crippen LogP contribution in [0, 0.1) is 31.1 Å². The van der Waals surface area contributed by atoms with Gasteiger partial charge in [0.25, 0.3) is 0 Å². The van der Waals surface area contributed by atoms with Gasteiger partial charge in [0.2, 0.25) is 0 Å². The molecule has 0 spiro atoms. The Balaban J connectivity index is 0.994. The van der Waals surface area contributed by atoms with Gasteiger partial charge in [0.15, 0.2) is 22.5 Å². The lowest BCUT2D eigenvalue weighted by molar-refractivity contribution is -0.194. The molecule has 258 valence electrons. The molecule has 0 radical (unpaired) electrons. The predicted octanol–water partition coefficient (Wildman–Crippen LogP) is 7.86. The number of ether oxygens (including phenoxy) is 1. The lowest BCUT2D eigenvalue weighted by Crippen LogP contribution is -2.58.